The number of amides is 2. The molecule has 4 rings (SSSR count). The fourth-order valence-electron chi connectivity index (χ4n) is 3.79. The molecule has 1 aliphatic rings. The van der Waals surface area contributed by atoms with E-state index in [1.165, 1.54) is 4.90 Å². The zero-order valence-electron chi connectivity index (χ0n) is 17.3. The molecular formula is C24H22N2O4S. The number of anilines is 1. The van der Waals surface area contributed by atoms with E-state index in [9.17, 15) is 9.59 Å². The summed E-state index contributed by atoms with van der Waals surface area (Å²) >= 11 is 5.30. The molecule has 1 saturated heterocycles. The lowest BCUT2D eigenvalue weighted by Gasteiger charge is -2.32. The molecule has 1 fully saturated rings. The predicted octanol–water partition coefficient (Wildman–Crippen LogP) is 3.85. The van der Waals surface area contributed by atoms with Gasteiger partial charge in [0.25, 0.3) is 0 Å². The van der Waals surface area contributed by atoms with Crippen molar-refractivity contribution in [2.45, 2.75) is 13.3 Å². The van der Waals surface area contributed by atoms with E-state index in [1.54, 1.807) is 31.4 Å². The first-order chi connectivity index (χ1) is 15.0. The molecule has 1 unspecified atom stereocenters. The quantitative estimate of drug-likeness (QED) is 0.471. The second-order valence-corrected chi connectivity index (χ2v) is 7.51. The van der Waals surface area contributed by atoms with Crippen LogP contribution in [0.15, 0.2) is 60.7 Å². The van der Waals surface area contributed by atoms with Crippen molar-refractivity contribution in [3.8, 4) is 11.5 Å². The van der Waals surface area contributed by atoms with Crippen LogP contribution < -0.4 is 19.7 Å². The Balaban J connectivity index is 1.72. The van der Waals surface area contributed by atoms with E-state index in [1.807, 2.05) is 43.3 Å². The highest BCUT2D eigenvalue weighted by Crippen LogP contribution is 2.32. The standard InChI is InChI=1S/C24H22N2O4S/c1-3-30-21-13-8-15-6-4-5-7-18(15)19(21)14-20-22(27)25-24(31)26(23(20)28)16-9-11-17(29-2)12-10-16/h4-13,20H,3,14H2,1-2H3,(H,25,27,31). The van der Waals surface area contributed by atoms with Crippen molar-refractivity contribution in [3.63, 3.8) is 0 Å². The fourth-order valence-corrected chi connectivity index (χ4v) is 4.09. The van der Waals surface area contributed by atoms with E-state index in [0.29, 0.717) is 23.8 Å². The lowest BCUT2D eigenvalue weighted by molar-refractivity contribution is -0.133. The average Bonchev–Trinajstić information content (AvgIpc) is 2.78. The maximum Gasteiger partial charge on any atom is 0.246 e. The SMILES string of the molecule is CCOc1ccc2ccccc2c1CC1C(=O)NC(=S)N(c2ccc(OC)cc2)C1=O. The monoisotopic (exact) mass is 434 g/mol. The van der Waals surface area contributed by atoms with Crippen molar-refractivity contribution in [1.82, 2.24) is 5.32 Å². The highest BCUT2D eigenvalue weighted by molar-refractivity contribution is 7.80. The van der Waals surface area contributed by atoms with Crippen LogP contribution in [0.4, 0.5) is 5.69 Å². The van der Waals surface area contributed by atoms with Crippen LogP contribution in [0.25, 0.3) is 10.8 Å². The summed E-state index contributed by atoms with van der Waals surface area (Å²) in [6, 6.07) is 18.7. The summed E-state index contributed by atoms with van der Waals surface area (Å²) in [6.07, 6.45) is 0.205. The minimum absolute atomic E-state index is 0.0689. The van der Waals surface area contributed by atoms with Gasteiger partial charge in [0.15, 0.2) is 5.11 Å². The second kappa shape index (κ2) is 8.73. The number of nitrogens with one attached hydrogen (secondary N) is 1. The molecule has 0 aromatic heterocycles. The molecule has 0 aliphatic carbocycles. The lowest BCUT2D eigenvalue weighted by Crippen LogP contribution is -2.58. The number of carbonyl (C=O) groups excluding carboxylic acids is 2. The molecule has 158 valence electrons. The summed E-state index contributed by atoms with van der Waals surface area (Å²) in [6.45, 7) is 2.39. The van der Waals surface area contributed by atoms with Crippen molar-refractivity contribution in [3.05, 3.63) is 66.2 Å². The van der Waals surface area contributed by atoms with Gasteiger partial charge in [-0.3, -0.25) is 14.5 Å². The third-order valence-electron chi connectivity index (χ3n) is 5.30. The molecule has 3 aromatic rings. The Morgan fingerprint density at radius 1 is 1.03 bits per heavy atom. The highest BCUT2D eigenvalue weighted by Gasteiger charge is 2.40. The Morgan fingerprint density at radius 3 is 2.48 bits per heavy atom. The van der Waals surface area contributed by atoms with E-state index in [-0.39, 0.29) is 17.4 Å². The summed E-state index contributed by atoms with van der Waals surface area (Å²) in [5, 5.41) is 4.73. The number of hydrogen-bond acceptors (Lipinski definition) is 5. The van der Waals surface area contributed by atoms with Gasteiger partial charge in [-0.05, 0) is 66.7 Å². The zero-order valence-corrected chi connectivity index (χ0v) is 18.1. The molecule has 7 heteroatoms. The molecule has 0 radical (unpaired) electrons. The molecule has 3 aromatic carbocycles. The van der Waals surface area contributed by atoms with Gasteiger partial charge >= 0.3 is 0 Å². The van der Waals surface area contributed by atoms with Gasteiger partial charge in [0.1, 0.15) is 17.4 Å². The average molecular weight is 435 g/mol. The Morgan fingerprint density at radius 2 is 1.77 bits per heavy atom. The summed E-state index contributed by atoms with van der Waals surface area (Å²) in [5.41, 5.74) is 1.40. The fraction of sp³-hybridized carbons (Fsp3) is 0.208. The zero-order chi connectivity index (χ0) is 22.0. The number of thiocarbonyl (C=S) groups is 1. The largest absolute Gasteiger partial charge is 0.497 e. The number of hydrogen-bond donors (Lipinski definition) is 1. The van der Waals surface area contributed by atoms with E-state index in [0.717, 1.165) is 16.3 Å². The highest BCUT2D eigenvalue weighted by atomic mass is 32.1. The summed E-state index contributed by atoms with van der Waals surface area (Å²) in [4.78, 5) is 27.6. The maximum atomic E-state index is 13.4. The Labute approximate surface area is 185 Å². The van der Waals surface area contributed by atoms with Crippen LogP contribution >= 0.6 is 12.2 Å². The van der Waals surface area contributed by atoms with Gasteiger partial charge in [0.05, 0.1) is 19.4 Å². The van der Waals surface area contributed by atoms with E-state index >= 15 is 0 Å². The first-order valence-corrected chi connectivity index (χ1v) is 10.4. The number of methoxy groups -OCH3 is 1. The van der Waals surface area contributed by atoms with E-state index in [2.05, 4.69) is 5.32 Å². The topological polar surface area (TPSA) is 67.9 Å². The Hall–Kier alpha value is -3.45. The molecule has 0 bridgehead atoms. The number of carbonyl (C=O) groups is 2. The van der Waals surface area contributed by atoms with Crippen LogP contribution in [-0.2, 0) is 16.0 Å². The number of rotatable bonds is 6. The third-order valence-corrected chi connectivity index (χ3v) is 5.59. The van der Waals surface area contributed by atoms with Crippen molar-refractivity contribution in [1.29, 1.82) is 0 Å². The molecule has 0 spiro atoms. The Kier molecular flexibility index (Phi) is 5.86. The molecule has 6 nitrogen and oxygen atoms in total. The number of ether oxygens (including phenoxy) is 2. The van der Waals surface area contributed by atoms with Gasteiger partial charge in [0.2, 0.25) is 11.8 Å². The molecule has 1 aliphatic heterocycles. The lowest BCUT2D eigenvalue weighted by atomic mass is 9.91. The number of benzene rings is 3. The van der Waals surface area contributed by atoms with Crippen LogP contribution in [0.1, 0.15) is 12.5 Å². The predicted molar refractivity (Wildman–Crippen MR) is 124 cm³/mol. The first kappa shape index (κ1) is 20.8. The van der Waals surface area contributed by atoms with Crippen molar-refractivity contribution in [2.75, 3.05) is 18.6 Å². The van der Waals surface area contributed by atoms with Gasteiger partial charge in [-0.25, -0.2) is 0 Å². The maximum absolute atomic E-state index is 13.4. The van der Waals surface area contributed by atoms with Crippen molar-refractivity contribution >= 4 is 45.6 Å². The molecule has 1 heterocycles. The van der Waals surface area contributed by atoms with Gasteiger partial charge in [-0.15, -0.1) is 0 Å². The molecule has 0 saturated carbocycles. The van der Waals surface area contributed by atoms with Gasteiger partial charge in [-0.2, -0.15) is 0 Å². The third kappa shape index (κ3) is 3.96. The Bertz CT molecular complexity index is 1160. The van der Waals surface area contributed by atoms with Crippen LogP contribution in [-0.4, -0.2) is 30.6 Å². The van der Waals surface area contributed by atoms with Crippen molar-refractivity contribution in [2.24, 2.45) is 5.92 Å². The second-order valence-electron chi connectivity index (χ2n) is 7.12. The van der Waals surface area contributed by atoms with Crippen LogP contribution in [0.5, 0.6) is 11.5 Å². The van der Waals surface area contributed by atoms with Gasteiger partial charge < -0.3 is 14.8 Å². The first-order valence-electron chi connectivity index (χ1n) is 9.99. The van der Waals surface area contributed by atoms with Gasteiger partial charge in [-0.1, -0.05) is 30.3 Å². The van der Waals surface area contributed by atoms with E-state index in [4.69, 9.17) is 21.7 Å². The smallest absolute Gasteiger partial charge is 0.246 e. The molecule has 31 heavy (non-hydrogen) atoms. The molecule has 1 atom stereocenters. The van der Waals surface area contributed by atoms with Crippen molar-refractivity contribution < 1.29 is 19.1 Å². The number of fused-ring (bicyclic) bond motifs is 1. The summed E-state index contributed by atoms with van der Waals surface area (Å²) in [5.74, 6) is -0.369. The molecular weight excluding hydrogens is 412 g/mol. The molecule has 1 N–H and O–H groups in total. The number of nitrogens with zero attached hydrogens (tertiary/aromatic N) is 1. The van der Waals surface area contributed by atoms with E-state index < -0.39 is 11.8 Å². The summed E-state index contributed by atoms with van der Waals surface area (Å²) < 4.78 is 11.0. The normalized spacial score (nSPS) is 16.4. The minimum Gasteiger partial charge on any atom is -0.497 e. The summed E-state index contributed by atoms with van der Waals surface area (Å²) in [7, 11) is 1.57. The van der Waals surface area contributed by atoms with Crippen LogP contribution in [0.2, 0.25) is 0 Å². The van der Waals surface area contributed by atoms with Crippen LogP contribution in [0.3, 0.4) is 0 Å². The minimum atomic E-state index is -0.932. The van der Waals surface area contributed by atoms with Gasteiger partial charge in [0, 0.05) is 5.56 Å². The molecule has 2 amide bonds. The van der Waals surface area contributed by atoms with Crippen LogP contribution in [0, 0.1) is 5.92 Å².